The van der Waals surface area contributed by atoms with Gasteiger partial charge in [-0.3, -0.25) is 10.1 Å². The Morgan fingerprint density at radius 1 is 1.23 bits per heavy atom. The van der Waals surface area contributed by atoms with Crippen LogP contribution in [0.4, 0.5) is 18.0 Å². The minimum absolute atomic E-state index is 0.00887. The molecule has 0 spiro atoms. The summed E-state index contributed by atoms with van der Waals surface area (Å²) in [6.45, 7) is 5.06. The lowest BCUT2D eigenvalue weighted by Gasteiger charge is -2.25. The summed E-state index contributed by atoms with van der Waals surface area (Å²) in [5.41, 5.74) is 3.56. The van der Waals surface area contributed by atoms with Crippen LogP contribution in [0, 0.1) is 0 Å². The van der Waals surface area contributed by atoms with Gasteiger partial charge in [0.1, 0.15) is 11.4 Å². The van der Waals surface area contributed by atoms with Gasteiger partial charge in [-0.2, -0.15) is 13.2 Å². The summed E-state index contributed by atoms with van der Waals surface area (Å²) < 4.78 is 44.5. The number of hydrogen-bond donors (Lipinski definition) is 3. The van der Waals surface area contributed by atoms with Crippen LogP contribution in [0.2, 0.25) is 0 Å². The lowest BCUT2D eigenvalue weighted by Crippen LogP contribution is -2.21. The summed E-state index contributed by atoms with van der Waals surface area (Å²) in [5.74, 6) is -0.961. The molecule has 0 saturated carbocycles. The Hall–Kier alpha value is -2.62. The van der Waals surface area contributed by atoms with E-state index in [1.54, 1.807) is 20.8 Å². The van der Waals surface area contributed by atoms with Crippen LogP contribution < -0.4 is 21.1 Å². The molecule has 1 aliphatic heterocycles. The molecule has 6 nitrogen and oxygen atoms in total. The highest BCUT2D eigenvalue weighted by Gasteiger charge is 2.35. The highest BCUT2D eigenvalue weighted by atomic mass is 32.1. The summed E-state index contributed by atoms with van der Waals surface area (Å²) in [5, 5.41) is 4.99. The number of amides is 2. The largest absolute Gasteiger partial charge is 0.416 e. The van der Waals surface area contributed by atoms with Crippen molar-refractivity contribution in [1.29, 1.82) is 0 Å². The molecule has 1 fully saturated rings. The average molecular weight is 387 g/mol. The van der Waals surface area contributed by atoms with Gasteiger partial charge >= 0.3 is 12.3 Å². The van der Waals surface area contributed by atoms with Gasteiger partial charge in [0.05, 0.1) is 5.56 Å². The minimum atomic E-state index is -4.66. The zero-order chi connectivity index (χ0) is 19.9. The second-order valence-corrected chi connectivity index (χ2v) is 6.98. The molecule has 0 unspecified atom stereocenters. The SMILES string of the molecule is CC(C)(C)c1cc(C(F)(F)F)cc(OC(N)=O)c1C=C1NC(=S)NC1=O. The van der Waals surface area contributed by atoms with Gasteiger partial charge in [0.15, 0.2) is 5.11 Å². The van der Waals surface area contributed by atoms with E-state index in [-0.39, 0.29) is 21.9 Å². The van der Waals surface area contributed by atoms with Gasteiger partial charge in [-0.25, -0.2) is 4.79 Å². The predicted molar refractivity (Wildman–Crippen MR) is 92.2 cm³/mol. The number of benzene rings is 1. The summed E-state index contributed by atoms with van der Waals surface area (Å²) in [6.07, 6.45) is -4.66. The maximum Gasteiger partial charge on any atom is 0.416 e. The maximum atomic E-state index is 13.2. The van der Waals surface area contributed by atoms with Gasteiger partial charge in [0.2, 0.25) is 0 Å². The number of halogens is 3. The number of thiocarbonyl (C=S) groups is 1. The van der Waals surface area contributed by atoms with Crippen LogP contribution in [0.25, 0.3) is 6.08 Å². The predicted octanol–water partition coefficient (Wildman–Crippen LogP) is 2.81. The number of primary amides is 1. The summed E-state index contributed by atoms with van der Waals surface area (Å²) >= 11 is 4.83. The Morgan fingerprint density at radius 2 is 1.85 bits per heavy atom. The van der Waals surface area contributed by atoms with Gasteiger partial charge < -0.3 is 15.8 Å². The van der Waals surface area contributed by atoms with Crippen molar-refractivity contribution in [2.75, 3.05) is 0 Å². The standard InChI is InChI=1S/C16H16F3N3O3S/c1-15(2,3)9-4-7(16(17,18)19)5-11(25-13(20)24)8(9)6-10-12(23)22-14(26)21-10/h4-6H,1-3H3,(H2,20,24)(H2,21,22,23,26). The molecule has 26 heavy (non-hydrogen) atoms. The fraction of sp³-hybridized carbons (Fsp3) is 0.312. The van der Waals surface area contributed by atoms with Crippen LogP contribution in [-0.4, -0.2) is 17.1 Å². The third-order valence-corrected chi connectivity index (χ3v) is 3.70. The van der Waals surface area contributed by atoms with E-state index in [0.717, 1.165) is 6.07 Å². The molecule has 0 bridgehead atoms. The first-order valence-corrected chi connectivity index (χ1v) is 7.77. The second-order valence-electron chi connectivity index (χ2n) is 6.57. The molecule has 4 N–H and O–H groups in total. The molecule has 1 heterocycles. The average Bonchev–Trinajstić information content (AvgIpc) is 2.75. The minimum Gasteiger partial charge on any atom is -0.410 e. The fourth-order valence-electron chi connectivity index (χ4n) is 2.38. The molecule has 10 heteroatoms. The zero-order valence-corrected chi connectivity index (χ0v) is 14.9. The molecule has 2 rings (SSSR count). The molecule has 0 aliphatic carbocycles. The Morgan fingerprint density at radius 3 is 2.27 bits per heavy atom. The first-order chi connectivity index (χ1) is 11.8. The van der Waals surface area contributed by atoms with Crippen LogP contribution in [0.3, 0.4) is 0 Å². The van der Waals surface area contributed by atoms with Gasteiger partial charge in [0.25, 0.3) is 5.91 Å². The van der Waals surface area contributed by atoms with Gasteiger partial charge in [0, 0.05) is 5.56 Å². The van der Waals surface area contributed by atoms with E-state index in [1.165, 1.54) is 6.08 Å². The lowest BCUT2D eigenvalue weighted by atomic mass is 9.82. The smallest absolute Gasteiger partial charge is 0.410 e. The van der Waals surface area contributed by atoms with Crippen molar-refractivity contribution in [2.24, 2.45) is 5.73 Å². The Kier molecular flexibility index (Phi) is 5.00. The molecule has 1 saturated heterocycles. The Bertz CT molecular complexity index is 826. The third kappa shape index (κ3) is 4.31. The van der Waals surface area contributed by atoms with E-state index in [9.17, 15) is 22.8 Å². The van der Waals surface area contributed by atoms with E-state index < -0.39 is 34.9 Å². The molecule has 1 aliphatic rings. The molecule has 1 aromatic rings. The topological polar surface area (TPSA) is 93.4 Å². The van der Waals surface area contributed by atoms with Gasteiger partial charge in [-0.1, -0.05) is 20.8 Å². The number of ether oxygens (including phenoxy) is 1. The number of alkyl halides is 3. The van der Waals surface area contributed by atoms with Crippen molar-refractivity contribution in [2.45, 2.75) is 32.4 Å². The van der Waals surface area contributed by atoms with Gasteiger partial charge in [-0.15, -0.1) is 0 Å². The number of carbonyl (C=O) groups excluding carboxylic acids is 2. The van der Waals surface area contributed by atoms with E-state index in [0.29, 0.717) is 6.07 Å². The highest BCUT2D eigenvalue weighted by molar-refractivity contribution is 7.80. The number of carbonyl (C=O) groups is 2. The van der Waals surface area contributed by atoms with Gasteiger partial charge in [-0.05, 0) is 41.4 Å². The monoisotopic (exact) mass is 387 g/mol. The molecule has 1 aromatic carbocycles. The van der Waals surface area contributed by atoms with E-state index in [4.69, 9.17) is 22.7 Å². The molecule has 2 amide bonds. The molecule has 0 aromatic heterocycles. The first kappa shape index (κ1) is 19.7. The number of nitrogens with one attached hydrogen (secondary N) is 2. The van der Waals surface area contributed by atoms with Crippen molar-refractivity contribution >= 4 is 35.4 Å². The molecule has 140 valence electrons. The number of rotatable bonds is 2. The Balaban J connectivity index is 2.78. The van der Waals surface area contributed by atoms with E-state index in [2.05, 4.69) is 10.6 Å². The second kappa shape index (κ2) is 6.60. The number of nitrogens with two attached hydrogens (primary N) is 1. The van der Waals surface area contributed by atoms with E-state index in [1.807, 2.05) is 0 Å². The summed E-state index contributed by atoms with van der Waals surface area (Å²) in [6, 6.07) is 1.61. The Labute approximate surface area is 152 Å². The van der Waals surface area contributed by atoms with Crippen LogP contribution in [0.1, 0.15) is 37.5 Å². The third-order valence-electron chi connectivity index (χ3n) is 3.50. The summed E-state index contributed by atoms with van der Waals surface area (Å²) in [4.78, 5) is 23.0. The molecular weight excluding hydrogens is 371 g/mol. The van der Waals surface area contributed by atoms with Crippen LogP contribution in [-0.2, 0) is 16.4 Å². The summed E-state index contributed by atoms with van der Waals surface area (Å²) in [7, 11) is 0. The lowest BCUT2D eigenvalue weighted by molar-refractivity contribution is -0.137. The van der Waals surface area contributed by atoms with Crippen molar-refractivity contribution < 1.29 is 27.5 Å². The van der Waals surface area contributed by atoms with Crippen LogP contribution in [0.5, 0.6) is 5.75 Å². The number of hydrogen-bond acceptors (Lipinski definition) is 4. The quantitative estimate of drug-likeness (QED) is 0.536. The first-order valence-electron chi connectivity index (χ1n) is 7.36. The highest BCUT2D eigenvalue weighted by Crippen LogP contribution is 2.40. The molecule has 0 radical (unpaired) electrons. The van der Waals surface area contributed by atoms with Crippen molar-refractivity contribution in [1.82, 2.24) is 10.6 Å². The zero-order valence-electron chi connectivity index (χ0n) is 14.1. The molecular formula is C16H16F3N3O3S. The normalized spacial score (nSPS) is 16.5. The fourth-order valence-corrected chi connectivity index (χ4v) is 2.58. The van der Waals surface area contributed by atoms with Crippen molar-refractivity contribution in [3.63, 3.8) is 0 Å². The van der Waals surface area contributed by atoms with E-state index >= 15 is 0 Å². The van der Waals surface area contributed by atoms with Crippen LogP contribution in [0.15, 0.2) is 17.8 Å². The maximum absolute atomic E-state index is 13.2. The molecule has 0 atom stereocenters. The van der Waals surface area contributed by atoms with Crippen molar-refractivity contribution in [3.8, 4) is 5.75 Å². The van der Waals surface area contributed by atoms with Crippen LogP contribution >= 0.6 is 12.2 Å². The van der Waals surface area contributed by atoms with Crippen molar-refractivity contribution in [3.05, 3.63) is 34.5 Å².